The zero-order valence-corrected chi connectivity index (χ0v) is 17.1. The number of thiazole rings is 1. The molecule has 0 saturated carbocycles. The zero-order valence-electron chi connectivity index (χ0n) is 16.3. The van der Waals surface area contributed by atoms with Gasteiger partial charge < -0.3 is 9.30 Å². The summed E-state index contributed by atoms with van der Waals surface area (Å²) in [7, 11) is 1.26. The van der Waals surface area contributed by atoms with Gasteiger partial charge in [-0.15, -0.1) is 0 Å². The van der Waals surface area contributed by atoms with Crippen LogP contribution in [0.4, 0.5) is 5.69 Å². The van der Waals surface area contributed by atoms with Gasteiger partial charge in [0.15, 0.2) is 10.5 Å². The largest absolute Gasteiger partial charge is 0.468 e. The second-order valence-corrected chi connectivity index (χ2v) is 7.59. The van der Waals surface area contributed by atoms with Crippen molar-refractivity contribution in [1.82, 2.24) is 14.3 Å². The molecule has 0 radical (unpaired) electrons. The minimum Gasteiger partial charge on any atom is -0.468 e. The van der Waals surface area contributed by atoms with Gasteiger partial charge in [0.1, 0.15) is 6.54 Å². The van der Waals surface area contributed by atoms with E-state index in [1.807, 2.05) is 20.8 Å². The van der Waals surface area contributed by atoms with E-state index in [2.05, 4.69) is 10.1 Å². The molecule has 1 amide bonds. The summed E-state index contributed by atoms with van der Waals surface area (Å²) >= 11 is 1.08. The third-order valence-electron chi connectivity index (χ3n) is 4.22. The van der Waals surface area contributed by atoms with Gasteiger partial charge in [-0.3, -0.25) is 24.4 Å². The average Bonchev–Trinajstić information content (AvgIpc) is 3.22. The second kappa shape index (κ2) is 7.95. The molecule has 0 aliphatic rings. The lowest BCUT2D eigenvalue weighted by Crippen LogP contribution is -2.22. The van der Waals surface area contributed by atoms with Crippen LogP contribution in [0.15, 0.2) is 29.3 Å². The molecule has 11 heteroatoms. The van der Waals surface area contributed by atoms with Crippen LogP contribution in [0.5, 0.6) is 0 Å². The Hall–Kier alpha value is -3.34. The molecule has 152 valence electrons. The maximum atomic E-state index is 12.7. The maximum Gasteiger partial charge on any atom is 0.325 e. The number of nitrogens with zero attached hydrogens (tertiary/aromatic N) is 5. The summed E-state index contributed by atoms with van der Waals surface area (Å²) < 4.78 is 8.47. The fourth-order valence-corrected chi connectivity index (χ4v) is 3.93. The van der Waals surface area contributed by atoms with Gasteiger partial charge in [-0.05, 0) is 32.9 Å². The van der Waals surface area contributed by atoms with Crippen molar-refractivity contribution in [3.8, 4) is 0 Å². The van der Waals surface area contributed by atoms with Gasteiger partial charge in [0, 0.05) is 23.9 Å². The number of hydrogen-bond acceptors (Lipinski definition) is 7. The van der Waals surface area contributed by atoms with E-state index in [4.69, 9.17) is 4.74 Å². The molecule has 0 atom stereocenters. The minimum absolute atomic E-state index is 0.0886. The molecule has 29 heavy (non-hydrogen) atoms. The van der Waals surface area contributed by atoms with Crippen LogP contribution in [0.25, 0.3) is 10.2 Å². The molecule has 0 aliphatic heterocycles. The number of ether oxygens (including phenoxy) is 1. The fourth-order valence-electron chi connectivity index (χ4n) is 2.87. The highest BCUT2D eigenvalue weighted by Crippen LogP contribution is 2.23. The molecule has 0 saturated heterocycles. The topological polar surface area (TPSA) is 122 Å². The summed E-state index contributed by atoms with van der Waals surface area (Å²) in [6.07, 6.45) is 0. The Morgan fingerprint density at radius 2 is 2.07 bits per heavy atom. The Morgan fingerprint density at radius 3 is 2.66 bits per heavy atom. The first-order chi connectivity index (χ1) is 13.7. The van der Waals surface area contributed by atoms with E-state index in [-0.39, 0.29) is 28.8 Å². The third-order valence-corrected chi connectivity index (χ3v) is 5.26. The minimum atomic E-state index is -0.563. The average molecular weight is 417 g/mol. The van der Waals surface area contributed by atoms with Crippen molar-refractivity contribution in [2.45, 2.75) is 33.4 Å². The standard InChI is InChI=1S/C18H19N5O5S/c1-10(2)22-11(3)7-13(20-22)17(25)19-18-21(9-16(24)28-4)14-6-5-12(23(26)27)8-15(14)29-18/h5-8,10H,9H2,1-4H3. The highest BCUT2D eigenvalue weighted by Gasteiger charge is 2.17. The molecule has 10 nitrogen and oxygen atoms in total. The number of benzene rings is 1. The number of aryl methyl sites for hydroxylation is 1. The Morgan fingerprint density at radius 1 is 1.34 bits per heavy atom. The molecule has 0 fully saturated rings. The predicted molar refractivity (Wildman–Crippen MR) is 106 cm³/mol. The number of amides is 1. The zero-order chi connectivity index (χ0) is 21.3. The predicted octanol–water partition coefficient (Wildman–Crippen LogP) is 2.61. The molecule has 1 aromatic carbocycles. The number of nitro benzene ring substituents is 1. The molecule has 0 bridgehead atoms. The van der Waals surface area contributed by atoms with E-state index >= 15 is 0 Å². The molecule has 0 N–H and O–H groups in total. The highest BCUT2D eigenvalue weighted by atomic mass is 32.1. The van der Waals surface area contributed by atoms with E-state index in [0.717, 1.165) is 17.0 Å². The third kappa shape index (κ3) is 4.09. The number of carbonyl (C=O) groups excluding carboxylic acids is 2. The van der Waals surface area contributed by atoms with Crippen LogP contribution >= 0.6 is 11.3 Å². The molecule has 3 aromatic rings. The van der Waals surface area contributed by atoms with Crippen molar-refractivity contribution in [2.24, 2.45) is 4.99 Å². The number of non-ortho nitro benzene ring substituents is 1. The van der Waals surface area contributed by atoms with Crippen molar-refractivity contribution >= 4 is 39.1 Å². The number of hydrogen-bond donors (Lipinski definition) is 0. The summed E-state index contributed by atoms with van der Waals surface area (Å²) in [5.41, 5.74) is 1.46. The van der Waals surface area contributed by atoms with Gasteiger partial charge >= 0.3 is 5.97 Å². The van der Waals surface area contributed by atoms with Crippen LogP contribution in [-0.2, 0) is 16.1 Å². The van der Waals surface area contributed by atoms with E-state index in [1.54, 1.807) is 10.7 Å². The summed E-state index contributed by atoms with van der Waals surface area (Å²) in [5, 5.41) is 15.3. The van der Waals surface area contributed by atoms with Crippen LogP contribution in [0, 0.1) is 17.0 Å². The summed E-state index contributed by atoms with van der Waals surface area (Å²) in [5.74, 6) is -1.09. The molecule has 3 rings (SSSR count). The maximum absolute atomic E-state index is 12.7. The van der Waals surface area contributed by atoms with Crippen LogP contribution in [0.1, 0.15) is 36.1 Å². The van der Waals surface area contributed by atoms with Gasteiger partial charge in [0.2, 0.25) is 0 Å². The van der Waals surface area contributed by atoms with E-state index in [1.165, 1.54) is 29.9 Å². The van der Waals surface area contributed by atoms with Crippen LogP contribution < -0.4 is 4.80 Å². The smallest absolute Gasteiger partial charge is 0.325 e. The Bertz CT molecular complexity index is 1190. The number of esters is 1. The van der Waals surface area contributed by atoms with Crippen molar-refractivity contribution in [3.05, 3.63) is 50.6 Å². The number of methoxy groups -OCH3 is 1. The van der Waals surface area contributed by atoms with Crippen molar-refractivity contribution in [2.75, 3.05) is 7.11 Å². The molecule has 2 aromatic heterocycles. The monoisotopic (exact) mass is 417 g/mol. The molecule has 2 heterocycles. The van der Waals surface area contributed by atoms with Gasteiger partial charge in [0.25, 0.3) is 11.6 Å². The van der Waals surface area contributed by atoms with Crippen molar-refractivity contribution in [1.29, 1.82) is 0 Å². The number of nitro groups is 1. The normalized spacial score (nSPS) is 12.0. The lowest BCUT2D eigenvalue weighted by molar-refractivity contribution is -0.384. The Balaban J connectivity index is 2.14. The Kier molecular flexibility index (Phi) is 5.59. The lowest BCUT2D eigenvalue weighted by Gasteiger charge is -2.06. The number of rotatable bonds is 5. The molecule has 0 aliphatic carbocycles. The number of carbonyl (C=O) groups is 2. The van der Waals surface area contributed by atoms with Crippen LogP contribution in [0.2, 0.25) is 0 Å². The first kappa shape index (κ1) is 20.4. The quantitative estimate of drug-likeness (QED) is 0.357. The molecule has 0 unspecified atom stereocenters. The van der Waals surface area contributed by atoms with Crippen molar-refractivity contribution < 1.29 is 19.2 Å². The lowest BCUT2D eigenvalue weighted by atomic mass is 10.3. The fraction of sp³-hybridized carbons (Fsp3) is 0.333. The van der Waals surface area contributed by atoms with Crippen molar-refractivity contribution in [3.63, 3.8) is 0 Å². The second-order valence-electron chi connectivity index (χ2n) is 6.58. The molecule has 0 spiro atoms. The summed E-state index contributed by atoms with van der Waals surface area (Å²) in [6, 6.07) is 5.98. The first-order valence-corrected chi connectivity index (χ1v) is 9.52. The van der Waals surface area contributed by atoms with Crippen LogP contribution in [-0.4, -0.2) is 38.3 Å². The Labute approximate surface area is 169 Å². The SMILES string of the molecule is COC(=O)Cn1c(=NC(=O)c2cc(C)n(C(C)C)n2)sc2cc([N+](=O)[O-])ccc21. The number of aromatic nitrogens is 3. The van der Waals surface area contributed by atoms with E-state index < -0.39 is 16.8 Å². The summed E-state index contributed by atoms with van der Waals surface area (Å²) in [4.78, 5) is 39.4. The van der Waals surface area contributed by atoms with E-state index in [0.29, 0.717) is 10.2 Å². The van der Waals surface area contributed by atoms with Crippen LogP contribution in [0.3, 0.4) is 0 Å². The summed E-state index contributed by atoms with van der Waals surface area (Å²) in [6.45, 7) is 5.57. The van der Waals surface area contributed by atoms with E-state index in [9.17, 15) is 19.7 Å². The van der Waals surface area contributed by atoms with Gasteiger partial charge in [0.05, 0.1) is 22.2 Å². The van der Waals surface area contributed by atoms with Gasteiger partial charge in [-0.2, -0.15) is 10.1 Å². The molecular formula is C18H19N5O5S. The molecular weight excluding hydrogens is 398 g/mol. The van der Waals surface area contributed by atoms with Gasteiger partial charge in [-0.25, -0.2) is 0 Å². The number of fused-ring (bicyclic) bond motifs is 1. The first-order valence-electron chi connectivity index (χ1n) is 8.71. The van der Waals surface area contributed by atoms with Gasteiger partial charge in [-0.1, -0.05) is 11.3 Å². The highest BCUT2D eigenvalue weighted by molar-refractivity contribution is 7.16.